The van der Waals surface area contributed by atoms with Crippen molar-refractivity contribution in [3.63, 3.8) is 0 Å². The van der Waals surface area contributed by atoms with Crippen molar-refractivity contribution in [2.75, 3.05) is 18.0 Å². The molecule has 1 aromatic rings. The second-order valence-electron chi connectivity index (χ2n) is 6.84. The molecule has 1 atom stereocenters. The monoisotopic (exact) mass is 288 g/mol. The SMILES string of the molecule is CCC1CCCN(c2ccc(CNC(C)C)c(C)c2)CC1. The van der Waals surface area contributed by atoms with Gasteiger partial charge in [0.1, 0.15) is 0 Å². The highest BCUT2D eigenvalue weighted by Gasteiger charge is 2.16. The van der Waals surface area contributed by atoms with Crippen molar-refractivity contribution in [3.05, 3.63) is 29.3 Å². The average Bonchev–Trinajstić information content (AvgIpc) is 2.71. The quantitative estimate of drug-likeness (QED) is 0.857. The van der Waals surface area contributed by atoms with E-state index >= 15 is 0 Å². The van der Waals surface area contributed by atoms with Crippen LogP contribution in [0.25, 0.3) is 0 Å². The predicted octanol–water partition coefficient (Wildman–Crippen LogP) is 4.51. The lowest BCUT2D eigenvalue weighted by Gasteiger charge is -2.24. The summed E-state index contributed by atoms with van der Waals surface area (Å²) in [4.78, 5) is 2.59. The Morgan fingerprint density at radius 1 is 1.24 bits per heavy atom. The lowest BCUT2D eigenvalue weighted by atomic mass is 9.98. The molecule has 2 nitrogen and oxygen atoms in total. The fourth-order valence-electron chi connectivity index (χ4n) is 3.22. The first-order chi connectivity index (χ1) is 10.1. The molecule has 1 heterocycles. The first kappa shape index (κ1) is 16.4. The smallest absolute Gasteiger partial charge is 0.0369 e. The summed E-state index contributed by atoms with van der Waals surface area (Å²) in [5.74, 6) is 0.936. The molecule has 118 valence electrons. The highest BCUT2D eigenvalue weighted by molar-refractivity contribution is 5.51. The van der Waals surface area contributed by atoms with Gasteiger partial charge in [-0.15, -0.1) is 0 Å². The molecule has 0 aliphatic carbocycles. The molecule has 2 rings (SSSR count). The summed E-state index contributed by atoms with van der Waals surface area (Å²) >= 11 is 0. The zero-order valence-electron chi connectivity index (χ0n) is 14.3. The van der Waals surface area contributed by atoms with Crippen LogP contribution in [0, 0.1) is 12.8 Å². The van der Waals surface area contributed by atoms with E-state index in [0.717, 1.165) is 12.5 Å². The van der Waals surface area contributed by atoms with Crippen LogP contribution in [0.3, 0.4) is 0 Å². The minimum Gasteiger partial charge on any atom is -0.372 e. The van der Waals surface area contributed by atoms with Gasteiger partial charge in [0, 0.05) is 31.4 Å². The van der Waals surface area contributed by atoms with Crippen molar-refractivity contribution >= 4 is 5.69 Å². The van der Waals surface area contributed by atoms with Crippen molar-refractivity contribution in [2.24, 2.45) is 5.92 Å². The predicted molar refractivity (Wildman–Crippen MR) is 93.0 cm³/mol. The van der Waals surface area contributed by atoms with Gasteiger partial charge in [0.2, 0.25) is 0 Å². The molecule has 2 heteroatoms. The fraction of sp³-hybridized carbons (Fsp3) is 0.684. The van der Waals surface area contributed by atoms with Gasteiger partial charge in [0.25, 0.3) is 0 Å². The van der Waals surface area contributed by atoms with E-state index in [1.165, 1.54) is 55.6 Å². The Labute approximate surface area is 130 Å². The lowest BCUT2D eigenvalue weighted by molar-refractivity contribution is 0.459. The maximum absolute atomic E-state index is 3.51. The van der Waals surface area contributed by atoms with E-state index in [2.05, 4.69) is 56.1 Å². The van der Waals surface area contributed by atoms with Crippen LogP contribution in [-0.4, -0.2) is 19.1 Å². The Kier molecular flexibility index (Phi) is 6.10. The molecule has 21 heavy (non-hydrogen) atoms. The molecule has 0 bridgehead atoms. The first-order valence-electron chi connectivity index (χ1n) is 8.68. The first-order valence-corrected chi connectivity index (χ1v) is 8.68. The molecule has 1 N–H and O–H groups in total. The number of benzene rings is 1. The molecule has 1 unspecified atom stereocenters. The van der Waals surface area contributed by atoms with E-state index in [1.807, 2.05) is 0 Å². The number of nitrogens with one attached hydrogen (secondary N) is 1. The van der Waals surface area contributed by atoms with Gasteiger partial charge in [-0.25, -0.2) is 0 Å². The van der Waals surface area contributed by atoms with Crippen molar-refractivity contribution in [2.45, 2.75) is 66.0 Å². The molecular formula is C19H32N2. The number of hydrogen-bond donors (Lipinski definition) is 1. The van der Waals surface area contributed by atoms with Crippen LogP contribution in [0.4, 0.5) is 5.69 Å². The van der Waals surface area contributed by atoms with Crippen LogP contribution in [0.2, 0.25) is 0 Å². The minimum atomic E-state index is 0.542. The number of anilines is 1. The number of hydrogen-bond acceptors (Lipinski definition) is 2. The van der Waals surface area contributed by atoms with Gasteiger partial charge < -0.3 is 10.2 Å². The van der Waals surface area contributed by atoms with Gasteiger partial charge in [-0.3, -0.25) is 0 Å². The summed E-state index contributed by atoms with van der Waals surface area (Å²) in [6.45, 7) is 12.4. The molecule has 1 fully saturated rings. The molecule has 0 radical (unpaired) electrons. The topological polar surface area (TPSA) is 15.3 Å². The van der Waals surface area contributed by atoms with Crippen LogP contribution in [0.15, 0.2) is 18.2 Å². The third-order valence-corrected chi connectivity index (χ3v) is 4.82. The molecule has 1 aliphatic rings. The molecular weight excluding hydrogens is 256 g/mol. The Morgan fingerprint density at radius 3 is 2.71 bits per heavy atom. The van der Waals surface area contributed by atoms with Gasteiger partial charge in [0.05, 0.1) is 0 Å². The highest BCUT2D eigenvalue weighted by atomic mass is 15.1. The van der Waals surface area contributed by atoms with Crippen LogP contribution in [0.1, 0.15) is 57.6 Å². The Bertz CT molecular complexity index is 439. The summed E-state index contributed by atoms with van der Waals surface area (Å²) in [6, 6.07) is 7.54. The van der Waals surface area contributed by atoms with Gasteiger partial charge in [-0.2, -0.15) is 0 Å². The van der Waals surface area contributed by atoms with Crippen molar-refractivity contribution in [1.29, 1.82) is 0 Å². The maximum Gasteiger partial charge on any atom is 0.0369 e. The van der Waals surface area contributed by atoms with Gasteiger partial charge >= 0.3 is 0 Å². The van der Waals surface area contributed by atoms with Gasteiger partial charge in [-0.05, 0) is 55.4 Å². The Balaban J connectivity index is 2.02. The third-order valence-electron chi connectivity index (χ3n) is 4.82. The second kappa shape index (κ2) is 7.84. The molecule has 0 saturated carbocycles. The number of nitrogens with zero attached hydrogens (tertiary/aromatic N) is 1. The molecule has 0 amide bonds. The van der Waals surface area contributed by atoms with Crippen molar-refractivity contribution < 1.29 is 0 Å². The summed E-state index contributed by atoms with van der Waals surface area (Å²) in [7, 11) is 0. The molecule has 0 spiro atoms. The summed E-state index contributed by atoms with van der Waals surface area (Å²) in [5, 5.41) is 3.51. The lowest BCUT2D eigenvalue weighted by Crippen LogP contribution is -2.25. The highest BCUT2D eigenvalue weighted by Crippen LogP contribution is 2.26. The average molecular weight is 288 g/mol. The van der Waals surface area contributed by atoms with E-state index in [1.54, 1.807) is 0 Å². The summed E-state index contributed by atoms with van der Waals surface area (Å²) < 4.78 is 0. The number of rotatable bonds is 5. The van der Waals surface area contributed by atoms with E-state index in [0.29, 0.717) is 6.04 Å². The van der Waals surface area contributed by atoms with Crippen LogP contribution in [0.5, 0.6) is 0 Å². The van der Waals surface area contributed by atoms with Crippen LogP contribution in [-0.2, 0) is 6.54 Å². The van der Waals surface area contributed by atoms with E-state index < -0.39 is 0 Å². The van der Waals surface area contributed by atoms with Gasteiger partial charge in [0.15, 0.2) is 0 Å². The zero-order chi connectivity index (χ0) is 15.2. The number of aryl methyl sites for hydroxylation is 1. The second-order valence-corrected chi connectivity index (χ2v) is 6.84. The Hall–Kier alpha value is -1.02. The summed E-state index contributed by atoms with van der Waals surface area (Å²) in [6.07, 6.45) is 5.44. The Morgan fingerprint density at radius 2 is 2.05 bits per heavy atom. The van der Waals surface area contributed by atoms with E-state index in [-0.39, 0.29) is 0 Å². The van der Waals surface area contributed by atoms with Gasteiger partial charge in [-0.1, -0.05) is 33.3 Å². The fourth-order valence-corrected chi connectivity index (χ4v) is 3.22. The molecule has 1 saturated heterocycles. The maximum atomic E-state index is 3.51. The van der Waals surface area contributed by atoms with Crippen molar-refractivity contribution in [3.8, 4) is 0 Å². The minimum absolute atomic E-state index is 0.542. The van der Waals surface area contributed by atoms with E-state index in [4.69, 9.17) is 0 Å². The van der Waals surface area contributed by atoms with Crippen LogP contribution < -0.4 is 10.2 Å². The van der Waals surface area contributed by atoms with Crippen LogP contribution >= 0.6 is 0 Å². The molecule has 1 aromatic carbocycles. The summed E-state index contributed by atoms with van der Waals surface area (Å²) in [5.41, 5.74) is 4.25. The zero-order valence-corrected chi connectivity index (χ0v) is 14.3. The van der Waals surface area contributed by atoms with Crippen molar-refractivity contribution in [1.82, 2.24) is 5.32 Å². The molecule has 1 aliphatic heterocycles. The normalized spacial score (nSPS) is 19.9. The largest absolute Gasteiger partial charge is 0.372 e. The van der Waals surface area contributed by atoms with E-state index in [9.17, 15) is 0 Å². The third kappa shape index (κ3) is 4.74. The molecule has 0 aromatic heterocycles. The standard InChI is InChI=1S/C19H32N2/c1-5-17-7-6-11-21(12-10-17)19-9-8-18(16(4)13-19)14-20-15(2)3/h8-9,13,15,17,20H,5-7,10-12,14H2,1-4H3.